The second kappa shape index (κ2) is 6.42. The Labute approximate surface area is 186 Å². The largest absolute Gasteiger partial charge is 0.488 e. The van der Waals surface area contributed by atoms with Gasteiger partial charge in [-0.2, -0.15) is 0 Å². The molecule has 4 aliphatic heterocycles. The molecule has 4 aliphatic rings. The first kappa shape index (κ1) is 18.0. The summed E-state index contributed by atoms with van der Waals surface area (Å²) >= 11 is 0. The van der Waals surface area contributed by atoms with Crippen LogP contribution in [0.3, 0.4) is 0 Å². The number of rotatable bonds is 6. The number of benzene rings is 3. The van der Waals surface area contributed by atoms with Crippen LogP contribution in [0.15, 0.2) is 96.5 Å². The molecule has 3 aromatic rings. The summed E-state index contributed by atoms with van der Waals surface area (Å²) in [6.45, 7) is 0.932. The van der Waals surface area contributed by atoms with Gasteiger partial charge in [-0.25, -0.2) is 0 Å². The van der Waals surface area contributed by atoms with Gasteiger partial charge in [0, 0.05) is 34.4 Å². The highest BCUT2D eigenvalue weighted by molar-refractivity contribution is 6.11. The van der Waals surface area contributed by atoms with Gasteiger partial charge in [0.1, 0.15) is 36.2 Å². The van der Waals surface area contributed by atoms with E-state index in [0.717, 1.165) is 57.4 Å². The van der Waals surface area contributed by atoms with E-state index in [9.17, 15) is 0 Å². The fraction of sp³-hybridized carbons (Fsp3) is 0.214. The van der Waals surface area contributed by atoms with E-state index in [1.807, 2.05) is 36.4 Å². The van der Waals surface area contributed by atoms with E-state index in [0.29, 0.717) is 13.2 Å². The molecule has 0 amide bonds. The minimum atomic E-state index is -0.384. The Hall–Kier alpha value is -3.66. The molecule has 4 nitrogen and oxygen atoms in total. The molecule has 32 heavy (non-hydrogen) atoms. The highest BCUT2D eigenvalue weighted by atomic mass is 16.6. The minimum Gasteiger partial charge on any atom is -0.488 e. The molecule has 2 atom stereocenters. The molecule has 4 bridgehead atoms. The summed E-state index contributed by atoms with van der Waals surface area (Å²) in [5, 5.41) is 4.15. The van der Waals surface area contributed by atoms with Crippen LogP contribution in [0.2, 0.25) is 0 Å². The number of hydrogen-bond donors (Lipinski definition) is 0. The van der Waals surface area contributed by atoms with Crippen LogP contribution in [0.4, 0.5) is 0 Å². The molecular formula is C28H22O4. The van der Waals surface area contributed by atoms with Crippen molar-refractivity contribution < 1.29 is 18.9 Å². The van der Waals surface area contributed by atoms with Gasteiger partial charge in [0.25, 0.3) is 0 Å². The van der Waals surface area contributed by atoms with Crippen LogP contribution in [0, 0.1) is 0 Å². The zero-order chi connectivity index (χ0) is 21.2. The van der Waals surface area contributed by atoms with Gasteiger partial charge in [0.2, 0.25) is 0 Å². The lowest BCUT2D eigenvalue weighted by molar-refractivity contribution is 0.0429. The minimum absolute atomic E-state index is 0.384. The summed E-state index contributed by atoms with van der Waals surface area (Å²) in [6, 6.07) is 16.6. The Morgan fingerprint density at radius 3 is 1.31 bits per heavy atom. The zero-order valence-corrected chi connectivity index (χ0v) is 17.5. The van der Waals surface area contributed by atoms with Gasteiger partial charge in [0.05, 0.1) is 0 Å². The van der Waals surface area contributed by atoms with Gasteiger partial charge in [-0.1, -0.05) is 48.5 Å². The summed E-state index contributed by atoms with van der Waals surface area (Å²) < 4.78 is 25.1. The van der Waals surface area contributed by atoms with E-state index >= 15 is 0 Å². The van der Waals surface area contributed by atoms with Crippen molar-refractivity contribution in [2.24, 2.45) is 0 Å². The number of ether oxygens (including phenoxy) is 4. The summed E-state index contributed by atoms with van der Waals surface area (Å²) in [4.78, 5) is 0. The number of fused-ring (bicyclic) bond motifs is 6. The first-order valence-electron chi connectivity index (χ1n) is 11.1. The van der Waals surface area contributed by atoms with Crippen molar-refractivity contribution in [2.75, 3.05) is 13.2 Å². The Kier molecular flexibility index (Phi) is 3.61. The smallest absolute Gasteiger partial charge is 0.165 e. The molecule has 0 fully saturated rings. The topological polar surface area (TPSA) is 36.9 Å². The molecule has 4 heterocycles. The third-order valence-corrected chi connectivity index (χ3v) is 6.80. The molecule has 0 radical (unpaired) electrons. The quantitative estimate of drug-likeness (QED) is 0.458. The van der Waals surface area contributed by atoms with E-state index in [4.69, 9.17) is 18.9 Å². The first-order chi connectivity index (χ1) is 15.7. The monoisotopic (exact) mass is 422 g/mol. The maximum absolute atomic E-state index is 6.51. The standard InChI is InChI=1S/C28H22O4/c1-2-6-22-21(5-1)25(29-17-27-13-9-19(31-27)10-14-27)23-7-3-4-8-24(23)26(22)30-18-28-15-11-20(32-28)12-16-28/h1-13,15H,14,16-18H2. The summed E-state index contributed by atoms with van der Waals surface area (Å²) in [7, 11) is 0. The van der Waals surface area contributed by atoms with Gasteiger partial charge < -0.3 is 18.9 Å². The second-order valence-electron chi connectivity index (χ2n) is 8.95. The average Bonchev–Trinajstić information content (AvgIpc) is 3.63. The van der Waals surface area contributed by atoms with Crippen LogP contribution in [0.1, 0.15) is 12.8 Å². The third-order valence-electron chi connectivity index (χ3n) is 6.80. The van der Waals surface area contributed by atoms with Gasteiger partial charge in [-0.3, -0.25) is 0 Å². The lowest BCUT2D eigenvalue weighted by atomic mass is 9.98. The Morgan fingerprint density at radius 1 is 0.625 bits per heavy atom. The summed E-state index contributed by atoms with van der Waals surface area (Å²) in [6.07, 6.45) is 14.2. The molecule has 0 N–H and O–H groups in total. The molecule has 3 aromatic carbocycles. The molecule has 4 heteroatoms. The zero-order valence-electron chi connectivity index (χ0n) is 17.5. The molecule has 0 aromatic heterocycles. The van der Waals surface area contributed by atoms with Crippen LogP contribution in [-0.2, 0) is 9.47 Å². The molecule has 0 saturated heterocycles. The third kappa shape index (κ3) is 2.62. The molecule has 0 aliphatic carbocycles. The maximum Gasteiger partial charge on any atom is 0.165 e. The van der Waals surface area contributed by atoms with Crippen LogP contribution in [-0.4, -0.2) is 24.4 Å². The summed E-state index contributed by atoms with van der Waals surface area (Å²) in [5.74, 6) is 3.63. The van der Waals surface area contributed by atoms with Crippen LogP contribution in [0.5, 0.6) is 11.5 Å². The van der Waals surface area contributed by atoms with E-state index < -0.39 is 0 Å². The fourth-order valence-corrected chi connectivity index (χ4v) is 5.08. The van der Waals surface area contributed by atoms with E-state index in [1.165, 1.54) is 0 Å². The van der Waals surface area contributed by atoms with Crippen molar-refractivity contribution in [2.45, 2.75) is 24.0 Å². The average molecular weight is 422 g/mol. The Bertz CT molecular complexity index is 1230. The van der Waals surface area contributed by atoms with E-state index in [-0.39, 0.29) is 11.2 Å². The van der Waals surface area contributed by atoms with Gasteiger partial charge >= 0.3 is 0 Å². The van der Waals surface area contributed by atoms with E-state index in [1.54, 1.807) is 0 Å². The first-order valence-corrected chi connectivity index (χ1v) is 11.1. The fourth-order valence-electron chi connectivity index (χ4n) is 5.08. The Morgan fingerprint density at radius 2 is 1.03 bits per heavy atom. The molecule has 0 saturated carbocycles. The van der Waals surface area contributed by atoms with Crippen LogP contribution in [0.25, 0.3) is 21.5 Å². The molecular weight excluding hydrogens is 400 g/mol. The van der Waals surface area contributed by atoms with Crippen molar-refractivity contribution in [3.05, 3.63) is 96.5 Å². The molecule has 0 spiro atoms. The molecule has 7 rings (SSSR count). The van der Waals surface area contributed by atoms with Crippen molar-refractivity contribution >= 4 is 21.5 Å². The van der Waals surface area contributed by atoms with Gasteiger partial charge in [0.15, 0.2) is 11.2 Å². The second-order valence-corrected chi connectivity index (χ2v) is 8.95. The predicted octanol–water partition coefficient (Wildman–Crippen LogP) is 5.98. The SMILES string of the molecule is C1=CC2(COc3c4ccccc4c(OCC45C=CC(=CC4)O5)c4ccccc34)CC=C1O2. The Balaban J connectivity index is 1.30. The maximum atomic E-state index is 6.51. The normalized spacial score (nSPS) is 26.4. The van der Waals surface area contributed by atoms with Crippen molar-refractivity contribution in [3.8, 4) is 11.5 Å². The predicted molar refractivity (Wildman–Crippen MR) is 124 cm³/mol. The molecule has 158 valence electrons. The van der Waals surface area contributed by atoms with Gasteiger partial charge in [-0.15, -0.1) is 0 Å². The van der Waals surface area contributed by atoms with Crippen molar-refractivity contribution in [1.29, 1.82) is 0 Å². The van der Waals surface area contributed by atoms with Crippen LogP contribution < -0.4 is 9.47 Å². The van der Waals surface area contributed by atoms with Gasteiger partial charge in [-0.05, 0) is 36.5 Å². The van der Waals surface area contributed by atoms with Crippen molar-refractivity contribution in [1.82, 2.24) is 0 Å². The van der Waals surface area contributed by atoms with E-state index in [2.05, 4.69) is 48.6 Å². The highest BCUT2D eigenvalue weighted by Gasteiger charge is 2.40. The lowest BCUT2D eigenvalue weighted by Crippen LogP contribution is -2.32. The van der Waals surface area contributed by atoms with Crippen molar-refractivity contribution in [3.63, 3.8) is 0 Å². The molecule has 2 unspecified atom stereocenters. The lowest BCUT2D eigenvalue weighted by Gasteiger charge is -2.26. The van der Waals surface area contributed by atoms with Crippen LogP contribution >= 0.6 is 0 Å². The summed E-state index contributed by atoms with van der Waals surface area (Å²) in [5.41, 5.74) is -0.767. The number of allylic oxidation sites excluding steroid dienone is 2. The number of hydrogen-bond acceptors (Lipinski definition) is 4. The highest BCUT2D eigenvalue weighted by Crippen LogP contribution is 2.45.